The lowest BCUT2D eigenvalue weighted by Gasteiger charge is -1.95. The molecule has 0 aromatic heterocycles. The van der Waals surface area contributed by atoms with Gasteiger partial charge in [-0.3, -0.25) is 4.55 Å². The number of nitrogens with two attached hydrogens (primary N) is 1. The van der Waals surface area contributed by atoms with E-state index in [0.717, 1.165) is 0 Å². The minimum atomic E-state index is -4.92. The predicted molar refractivity (Wildman–Crippen MR) is 73.4 cm³/mol. The molecule has 0 radical (unpaired) electrons. The number of nitrogens with one attached hydrogen (secondary N) is 1. The zero-order valence-electron chi connectivity index (χ0n) is 10.2. The number of amidine groups is 1. The molecule has 0 aliphatic rings. The Kier molecular flexibility index (Phi) is 7.61. The van der Waals surface area contributed by atoms with E-state index in [-0.39, 0.29) is 11.5 Å². The first-order valence-electron chi connectivity index (χ1n) is 4.79. The van der Waals surface area contributed by atoms with Gasteiger partial charge in [-0.25, -0.2) is 8.42 Å². The van der Waals surface area contributed by atoms with Crippen molar-refractivity contribution in [1.82, 2.24) is 0 Å². The Hall–Kier alpha value is -1.82. The van der Waals surface area contributed by atoms with E-state index < -0.39 is 10.4 Å². The van der Waals surface area contributed by atoms with Gasteiger partial charge in [0, 0.05) is 5.10 Å². The molecule has 0 aliphatic heterocycles. The Morgan fingerprint density at radius 3 is 2.55 bits per heavy atom. The van der Waals surface area contributed by atoms with Crippen LogP contribution in [0.2, 0.25) is 0 Å². The van der Waals surface area contributed by atoms with Crippen LogP contribution >= 0.6 is 11.8 Å². The third-order valence-corrected chi connectivity index (χ3v) is 2.12. The number of benzene rings is 1. The Morgan fingerprint density at radius 1 is 1.50 bits per heavy atom. The third-order valence-electron chi connectivity index (χ3n) is 1.62. The van der Waals surface area contributed by atoms with Gasteiger partial charge < -0.3 is 20.5 Å². The van der Waals surface area contributed by atoms with Gasteiger partial charge in [0.2, 0.25) is 21.8 Å². The molecule has 0 atom stereocenters. The standard InChI is InChI=1S/C9H11N3O2S.H2O4S/c1-15-9(10)12-11-5-6-4-7(13)2-3-8(6)14;1-5(2,3)4/h2-5,13-14H,1H3,(H2,10,12);(H2,1,2,3,4)/b11-5+;. The highest BCUT2D eigenvalue weighted by Crippen LogP contribution is 2.19. The van der Waals surface area contributed by atoms with Crippen molar-refractivity contribution in [3.8, 4) is 11.5 Å². The Labute approximate surface area is 119 Å². The van der Waals surface area contributed by atoms with Crippen LogP contribution in [0.3, 0.4) is 0 Å². The largest absolute Gasteiger partial charge is 0.726 e. The Morgan fingerprint density at radius 2 is 2.05 bits per heavy atom. The SMILES string of the molecule is CS/C(N)=N\[NH+]=C\c1cc(O)ccc1O.O=S(=O)([O-])O. The summed E-state index contributed by atoms with van der Waals surface area (Å²) in [4.78, 5) is 0. The molecule has 112 valence electrons. The highest BCUT2D eigenvalue weighted by Gasteiger charge is 2.01. The number of hydrogen-bond acceptors (Lipinski definition) is 7. The van der Waals surface area contributed by atoms with Crippen LogP contribution in [0, 0.1) is 0 Å². The van der Waals surface area contributed by atoms with Crippen molar-refractivity contribution >= 4 is 33.5 Å². The van der Waals surface area contributed by atoms with E-state index in [1.807, 2.05) is 0 Å². The van der Waals surface area contributed by atoms with Crippen LogP contribution in [0.4, 0.5) is 0 Å². The lowest BCUT2D eigenvalue weighted by Crippen LogP contribution is -2.62. The number of hydrazone groups is 1. The zero-order valence-corrected chi connectivity index (χ0v) is 11.8. The van der Waals surface area contributed by atoms with Gasteiger partial charge in [-0.15, -0.1) is 5.10 Å². The lowest BCUT2D eigenvalue weighted by atomic mass is 10.2. The molecule has 0 bridgehead atoms. The van der Waals surface area contributed by atoms with E-state index in [4.69, 9.17) is 28.4 Å². The summed E-state index contributed by atoms with van der Waals surface area (Å²) in [6.45, 7) is 0. The Balaban J connectivity index is 0.000000621. The first-order chi connectivity index (χ1) is 9.13. The third kappa shape index (κ3) is 10.1. The molecule has 11 heteroatoms. The maximum absolute atomic E-state index is 9.39. The van der Waals surface area contributed by atoms with Crippen LogP contribution in [-0.4, -0.2) is 45.4 Å². The number of hydrogen-bond donors (Lipinski definition) is 5. The number of phenols is 2. The van der Waals surface area contributed by atoms with E-state index >= 15 is 0 Å². The highest BCUT2D eigenvalue weighted by molar-refractivity contribution is 8.13. The minimum absolute atomic E-state index is 0.0539. The van der Waals surface area contributed by atoms with Gasteiger partial charge in [-0.1, -0.05) is 11.8 Å². The van der Waals surface area contributed by atoms with Crippen LogP contribution in [0.15, 0.2) is 23.3 Å². The summed E-state index contributed by atoms with van der Waals surface area (Å²) in [5.74, 6) is 0.126. The van der Waals surface area contributed by atoms with Crippen molar-refractivity contribution in [2.24, 2.45) is 10.8 Å². The lowest BCUT2D eigenvalue weighted by molar-refractivity contribution is -0.456. The van der Waals surface area contributed by atoms with Crippen LogP contribution in [0.25, 0.3) is 0 Å². The first-order valence-corrected chi connectivity index (χ1v) is 7.38. The predicted octanol–water partition coefficient (Wildman–Crippen LogP) is -1.81. The van der Waals surface area contributed by atoms with Crippen LogP contribution in [0.1, 0.15) is 5.56 Å². The van der Waals surface area contributed by atoms with Crippen molar-refractivity contribution in [1.29, 1.82) is 0 Å². The van der Waals surface area contributed by atoms with E-state index in [2.05, 4.69) is 10.2 Å². The molecular formula is C9H13N3O6S2. The fraction of sp³-hybridized carbons (Fsp3) is 0.111. The Bertz CT molecular complexity index is 592. The molecule has 20 heavy (non-hydrogen) atoms. The smallest absolute Gasteiger partial charge is 0.225 e. The number of phenolic OH excluding ortho intramolecular Hbond substituents is 2. The second-order valence-electron chi connectivity index (χ2n) is 3.10. The van der Waals surface area contributed by atoms with Crippen molar-refractivity contribution < 1.29 is 32.8 Å². The molecular weight excluding hydrogens is 310 g/mol. The van der Waals surface area contributed by atoms with Gasteiger partial charge in [0.25, 0.3) is 0 Å². The molecule has 9 nitrogen and oxygen atoms in total. The number of rotatable bonds is 2. The van der Waals surface area contributed by atoms with Crippen molar-refractivity contribution in [3.05, 3.63) is 23.8 Å². The van der Waals surface area contributed by atoms with Gasteiger partial charge in [0.1, 0.15) is 11.5 Å². The maximum Gasteiger partial charge on any atom is 0.225 e. The molecule has 0 saturated carbocycles. The molecule has 0 amide bonds. The summed E-state index contributed by atoms with van der Waals surface area (Å²) in [6.07, 6.45) is 3.24. The number of thioether (sulfide) groups is 1. The van der Waals surface area contributed by atoms with Crippen LogP contribution < -0.4 is 10.8 Å². The van der Waals surface area contributed by atoms with Gasteiger partial charge in [-0.2, -0.15) is 0 Å². The average Bonchev–Trinajstić information content (AvgIpc) is 2.31. The molecule has 0 unspecified atom stereocenters. The monoisotopic (exact) mass is 323 g/mol. The van der Waals surface area contributed by atoms with Crippen molar-refractivity contribution in [2.45, 2.75) is 0 Å². The van der Waals surface area contributed by atoms with E-state index in [1.54, 1.807) is 6.26 Å². The summed E-state index contributed by atoms with van der Waals surface area (Å²) in [5, 5.41) is 25.3. The van der Waals surface area contributed by atoms with Gasteiger partial charge >= 0.3 is 0 Å². The second kappa shape index (κ2) is 8.37. The van der Waals surface area contributed by atoms with Gasteiger partial charge in [-0.05, 0) is 24.5 Å². The fourth-order valence-corrected chi connectivity index (χ4v) is 1.01. The molecule has 0 aliphatic carbocycles. The molecule has 0 saturated heterocycles. The summed E-state index contributed by atoms with van der Waals surface area (Å²) in [5.41, 5.74) is 5.86. The molecule has 1 aromatic rings. The zero-order chi connectivity index (χ0) is 15.8. The summed E-state index contributed by atoms with van der Waals surface area (Å²) in [6, 6.07) is 4.20. The van der Waals surface area contributed by atoms with Crippen LogP contribution in [-0.2, 0) is 10.4 Å². The van der Waals surface area contributed by atoms with E-state index in [9.17, 15) is 5.11 Å². The summed E-state index contributed by atoms with van der Waals surface area (Å²) >= 11 is 1.30. The average molecular weight is 323 g/mol. The van der Waals surface area contributed by atoms with Crippen molar-refractivity contribution in [3.63, 3.8) is 0 Å². The molecule has 1 aromatic carbocycles. The summed E-state index contributed by atoms with van der Waals surface area (Å²) in [7, 11) is -4.92. The van der Waals surface area contributed by atoms with Gasteiger partial charge in [0.05, 0.1) is 5.56 Å². The van der Waals surface area contributed by atoms with Crippen LogP contribution in [0.5, 0.6) is 11.5 Å². The van der Waals surface area contributed by atoms with Crippen molar-refractivity contribution in [2.75, 3.05) is 6.26 Å². The van der Waals surface area contributed by atoms with Gasteiger partial charge in [0.15, 0.2) is 0 Å². The van der Waals surface area contributed by atoms with E-state index in [0.29, 0.717) is 10.7 Å². The topological polar surface area (TPSA) is 170 Å². The molecule has 0 fully saturated rings. The second-order valence-corrected chi connectivity index (χ2v) is 4.78. The molecule has 0 spiro atoms. The minimum Gasteiger partial charge on any atom is -0.726 e. The maximum atomic E-state index is 9.39. The normalized spacial score (nSPS) is 12.1. The first kappa shape index (κ1) is 18.2. The van der Waals surface area contributed by atoms with E-state index in [1.165, 1.54) is 36.2 Å². The summed E-state index contributed by atoms with van der Waals surface area (Å²) < 4.78 is 32.8. The highest BCUT2D eigenvalue weighted by atomic mass is 32.3. The molecule has 0 heterocycles. The number of nitrogens with zero attached hydrogens (tertiary/aromatic N) is 1. The number of aromatic hydroxyl groups is 2. The molecule has 1 rings (SSSR count). The quantitative estimate of drug-likeness (QED) is 0.106. The molecule has 6 N–H and O–H groups in total. The fourth-order valence-electron chi connectivity index (χ4n) is 0.869.